The Labute approximate surface area is 437 Å². The Kier molecular flexibility index (Phi) is 17.4. The van der Waals surface area contributed by atoms with Gasteiger partial charge in [0.1, 0.15) is 6.54 Å². The predicted octanol–water partition coefficient (Wildman–Crippen LogP) is 13.1. The Morgan fingerprint density at radius 2 is 0.961 bits per heavy atom. The number of amides is 3. The monoisotopic (exact) mass is 1110 g/mol. The van der Waals surface area contributed by atoms with E-state index in [-0.39, 0.29) is 30.8 Å². The number of fused-ring (bicyclic) bond motifs is 3. The first-order valence-corrected chi connectivity index (χ1v) is 24.1. The van der Waals surface area contributed by atoms with Crippen LogP contribution in [-0.2, 0) is 58.7 Å². The van der Waals surface area contributed by atoms with Crippen molar-refractivity contribution in [2.75, 3.05) is 27.1 Å². The van der Waals surface area contributed by atoms with Gasteiger partial charge in [-0.25, -0.2) is 6.57 Å². The molecule has 3 aliphatic rings. The number of rotatable bonds is 6. The van der Waals surface area contributed by atoms with Crippen molar-refractivity contribution in [2.45, 2.75) is 63.6 Å². The molecule has 0 atom stereocenters. The Hall–Kier alpha value is -8.37. The minimum atomic E-state index is -4.36. The normalized spacial score (nSPS) is 13.9. The number of carbonyl (C=O) groups is 3. The van der Waals surface area contributed by atoms with Crippen LogP contribution in [0.4, 0.5) is 56.6 Å². The molecule has 2 N–H and O–H groups in total. The summed E-state index contributed by atoms with van der Waals surface area (Å²) in [4.78, 5) is 41.4. The van der Waals surface area contributed by atoms with Crippen LogP contribution in [0.5, 0.6) is 0 Å². The third kappa shape index (κ3) is 13.9. The number of nitrogens with one attached hydrogen (secondary N) is 2. The molecule has 6 aromatic carbocycles. The molecule has 1 aromatic heterocycles. The number of H-pyrrole nitrogens is 1. The van der Waals surface area contributed by atoms with Gasteiger partial charge < -0.3 is 15.1 Å². The van der Waals surface area contributed by atoms with E-state index in [1.807, 2.05) is 24.3 Å². The van der Waals surface area contributed by atoms with Gasteiger partial charge in [0, 0.05) is 52.3 Å². The quantitative estimate of drug-likeness (QED) is 0.0553. The van der Waals surface area contributed by atoms with Gasteiger partial charge in [-0.05, 0) is 142 Å². The summed E-state index contributed by atoms with van der Waals surface area (Å²) in [6.07, 6.45) is -10.1. The van der Waals surface area contributed by atoms with Crippen LogP contribution in [0.2, 0.25) is 0 Å². The Bertz CT molecular complexity index is 3280. The lowest BCUT2D eigenvalue weighted by Gasteiger charge is -2.28. The molecule has 4 heterocycles. The largest absolute Gasteiger partial charge is 0.416 e. The van der Waals surface area contributed by atoms with Gasteiger partial charge >= 0.3 is 18.5 Å². The zero-order valence-electron chi connectivity index (χ0n) is 39.6. The highest BCUT2D eigenvalue weighted by Crippen LogP contribution is 2.38. The number of nitrogens with zero attached hydrogens (tertiary/aromatic N) is 7. The van der Waals surface area contributed by atoms with Gasteiger partial charge in [0.2, 0.25) is 17.7 Å². The zero-order chi connectivity index (χ0) is 54.8. The lowest BCUT2D eigenvalue weighted by atomic mass is 9.95. The van der Waals surface area contributed by atoms with Gasteiger partial charge in [0.15, 0.2) is 5.82 Å². The van der Waals surface area contributed by atoms with Crippen molar-refractivity contribution in [3.63, 3.8) is 0 Å². The van der Waals surface area contributed by atoms with Crippen LogP contribution < -0.4 is 15.1 Å². The number of benzene rings is 6. The van der Waals surface area contributed by atoms with E-state index in [2.05, 4.69) is 46.7 Å². The topological polar surface area (TPSA) is 152 Å². The number of alkyl halides is 10. The molecule has 0 saturated heterocycles. The highest BCUT2D eigenvalue weighted by atomic mass is 79.9. The van der Waals surface area contributed by atoms with Crippen molar-refractivity contribution in [2.24, 2.45) is 0 Å². The van der Waals surface area contributed by atoms with Crippen LogP contribution in [0.15, 0.2) is 127 Å². The lowest BCUT2D eigenvalue weighted by molar-refractivity contribution is -0.138. The smallest absolute Gasteiger partial charge is 0.326 e. The first-order valence-electron chi connectivity index (χ1n) is 23.0. The second-order valence-corrected chi connectivity index (χ2v) is 17.6. The second-order valence-electron chi connectivity index (χ2n) is 17.1. The first-order chi connectivity index (χ1) is 36.2. The third-order valence-electron chi connectivity index (χ3n) is 12.2. The van der Waals surface area contributed by atoms with Gasteiger partial charge in [-0.1, -0.05) is 59.8 Å². The summed E-state index contributed by atoms with van der Waals surface area (Å²) in [5, 5.41) is 25.2. The summed E-state index contributed by atoms with van der Waals surface area (Å²) >= 11 is 2.89. The van der Waals surface area contributed by atoms with Crippen molar-refractivity contribution in [1.82, 2.24) is 20.6 Å². The molecule has 22 heteroatoms. The molecular weight excluding hydrogens is 1070 g/mol. The van der Waals surface area contributed by atoms with E-state index in [0.717, 1.165) is 86.7 Å². The number of anilines is 3. The number of hydrogen-bond donors (Lipinski definition) is 2. The zero-order valence-corrected chi connectivity index (χ0v) is 41.2. The van der Waals surface area contributed by atoms with Crippen LogP contribution >= 0.6 is 15.9 Å². The summed E-state index contributed by atoms with van der Waals surface area (Å²) in [6, 6.07) is 33.5. The average molecular weight is 1110 g/mol. The SMILES string of the molecule is N#CCN1C(=O)CCc2cc(-c3ccc(C(F)(F)F)cc3)ccc21.O=C1CCc2cc(-c3ccc(C(F)(F)F)cc3)ccc2N1.O=C1CCc2cc(-c3ccc(C(F)(F)F)cc3)ccc2N1Cc1nn[nH]n1.[C-]#[N+]CBr. The minimum Gasteiger partial charge on any atom is -0.326 e. The van der Waals surface area contributed by atoms with Crippen LogP contribution in [0.1, 0.15) is 58.5 Å². The molecule has 0 bridgehead atoms. The molecule has 0 spiro atoms. The average Bonchev–Trinajstić information content (AvgIpc) is 3.94. The summed E-state index contributed by atoms with van der Waals surface area (Å²) in [5.74, 6) is 0.272. The van der Waals surface area contributed by atoms with Crippen LogP contribution in [-0.4, -0.2) is 50.3 Å². The molecule has 0 saturated carbocycles. The third-order valence-corrected chi connectivity index (χ3v) is 12.4. The molecule has 7 aromatic rings. The van der Waals surface area contributed by atoms with E-state index in [4.69, 9.17) is 11.8 Å². The van der Waals surface area contributed by atoms with E-state index < -0.39 is 35.2 Å². The van der Waals surface area contributed by atoms with E-state index >= 15 is 0 Å². The molecule has 390 valence electrons. The standard InChI is InChI=1S/C18H14F3N5O.C18H13F3N2O.C16H12F3NO.C2H2BrN/c19-18(20,21)14-5-1-11(2-6-14)12-3-7-15-13(9-12)4-8-17(27)26(15)10-16-22-24-25-23-16;19-18(20,21)15-5-1-12(2-6-15)13-3-7-16-14(11-13)4-8-17(24)23(16)10-9-22;17-16(18,19)13-5-1-10(2-6-13)11-3-7-14-12(9-11)4-8-15(21)20-14;1-4-2-3/h1-3,5-7,9H,4,8,10H2,(H,22,23,24,25);1-3,5-7,11H,4,8,10H2;1-3,5-7,9H,4,8H2,(H,20,21);2H2. The minimum absolute atomic E-state index is 0.00847. The number of aromatic amines is 1. The summed E-state index contributed by atoms with van der Waals surface area (Å²) in [5.41, 5.74) is 8.04. The fraction of sp³-hybridized carbons (Fsp3) is 0.222. The van der Waals surface area contributed by atoms with E-state index in [1.54, 1.807) is 41.3 Å². The molecule has 0 fully saturated rings. The van der Waals surface area contributed by atoms with E-state index in [9.17, 15) is 53.9 Å². The molecular formula is C54H41BrF9N9O3. The molecule has 0 unspecified atom stereocenters. The van der Waals surface area contributed by atoms with Crippen LogP contribution in [0, 0.1) is 17.9 Å². The van der Waals surface area contributed by atoms with Crippen molar-refractivity contribution in [3.05, 3.63) is 178 Å². The molecule has 0 aliphatic carbocycles. The number of aromatic nitrogens is 4. The summed E-state index contributed by atoms with van der Waals surface area (Å²) < 4.78 is 114. The number of halogens is 10. The Morgan fingerprint density at radius 1 is 0.566 bits per heavy atom. The van der Waals surface area contributed by atoms with Crippen molar-refractivity contribution in [1.29, 1.82) is 5.26 Å². The number of aryl methyl sites for hydroxylation is 3. The molecule has 3 aliphatic heterocycles. The maximum Gasteiger partial charge on any atom is 0.416 e. The van der Waals surface area contributed by atoms with E-state index in [1.165, 1.54) is 41.3 Å². The Morgan fingerprint density at radius 3 is 1.37 bits per heavy atom. The van der Waals surface area contributed by atoms with Gasteiger partial charge in [-0.3, -0.25) is 19.3 Å². The predicted molar refractivity (Wildman–Crippen MR) is 268 cm³/mol. The molecule has 76 heavy (non-hydrogen) atoms. The first kappa shape index (κ1) is 55.4. The molecule has 10 rings (SSSR count). The van der Waals surface area contributed by atoms with E-state index in [0.29, 0.717) is 66.6 Å². The highest BCUT2D eigenvalue weighted by molar-refractivity contribution is 9.09. The second kappa shape index (κ2) is 23.9. The van der Waals surface area contributed by atoms with Crippen molar-refractivity contribution >= 4 is 50.7 Å². The summed E-state index contributed by atoms with van der Waals surface area (Å²) in [6.45, 7) is 6.23. The maximum atomic E-state index is 12.7. The Balaban J connectivity index is 0.000000161. The lowest BCUT2D eigenvalue weighted by Crippen LogP contribution is -2.35. The fourth-order valence-electron chi connectivity index (χ4n) is 8.41. The maximum absolute atomic E-state index is 12.7. The highest BCUT2D eigenvalue weighted by Gasteiger charge is 2.33. The molecule has 12 nitrogen and oxygen atoms in total. The number of nitriles is 1. The fourth-order valence-corrected chi connectivity index (χ4v) is 8.41. The number of carbonyl (C=O) groups excluding carboxylic acids is 3. The van der Waals surface area contributed by atoms with Crippen LogP contribution in [0.25, 0.3) is 38.2 Å². The van der Waals surface area contributed by atoms with Crippen molar-refractivity contribution in [3.8, 4) is 39.4 Å². The molecule has 0 radical (unpaired) electrons. The van der Waals surface area contributed by atoms with Gasteiger partial charge in [-0.15, -0.1) is 10.2 Å². The van der Waals surface area contributed by atoms with Crippen molar-refractivity contribution < 1.29 is 53.9 Å². The number of hydrogen-bond acceptors (Lipinski definition) is 7. The van der Waals surface area contributed by atoms with Gasteiger partial charge in [0.25, 0.3) is 5.45 Å². The van der Waals surface area contributed by atoms with Crippen LogP contribution in [0.3, 0.4) is 0 Å². The molecule has 3 amide bonds. The van der Waals surface area contributed by atoms with Gasteiger partial charge in [0.05, 0.1) is 29.3 Å². The summed E-state index contributed by atoms with van der Waals surface area (Å²) in [7, 11) is 0. The van der Waals surface area contributed by atoms with Gasteiger partial charge in [-0.2, -0.15) is 50.0 Å². The number of tetrazole rings is 1.